The number of rotatable bonds is 64. The van der Waals surface area contributed by atoms with Crippen LogP contribution in [0.25, 0.3) is 0 Å². The molecular weight excluding hydrogens is 1120 g/mol. The Labute approximate surface area is 545 Å². The Bertz CT molecular complexity index is 1590. The highest BCUT2D eigenvalue weighted by molar-refractivity contribution is 5.76. The minimum absolute atomic E-state index is 0.231. The van der Waals surface area contributed by atoms with Crippen molar-refractivity contribution in [3.05, 3.63) is 24.3 Å². The Balaban J connectivity index is 1.64. The monoisotopic (exact) mass is 1270 g/mol. The van der Waals surface area contributed by atoms with E-state index in [0.717, 1.165) is 38.5 Å². The summed E-state index contributed by atoms with van der Waals surface area (Å²) in [7, 11) is 0. The van der Waals surface area contributed by atoms with Gasteiger partial charge in [0.05, 0.1) is 32.0 Å². The van der Waals surface area contributed by atoms with E-state index in [4.69, 9.17) is 18.9 Å². The maximum Gasteiger partial charge on any atom is 0.220 e. The van der Waals surface area contributed by atoms with Crippen LogP contribution in [-0.4, -0.2) is 140 Å². The molecule has 0 radical (unpaired) electrons. The quantitative estimate of drug-likeness (QED) is 0.0204. The van der Waals surface area contributed by atoms with Crippen LogP contribution in [0.15, 0.2) is 24.3 Å². The zero-order chi connectivity index (χ0) is 64.5. The topological polar surface area (TPSA) is 228 Å². The molecule has 0 aliphatic carbocycles. The third-order valence-corrected chi connectivity index (χ3v) is 18.9. The third kappa shape index (κ3) is 44.0. The van der Waals surface area contributed by atoms with Gasteiger partial charge < -0.3 is 65.1 Å². The molecule has 12 unspecified atom stereocenters. The van der Waals surface area contributed by atoms with Crippen LogP contribution >= 0.6 is 0 Å². The number of unbranched alkanes of at least 4 members (excludes halogenated alkanes) is 49. The summed E-state index contributed by atoms with van der Waals surface area (Å²) in [5.74, 6) is -0.231. The first-order valence-corrected chi connectivity index (χ1v) is 38.1. The van der Waals surface area contributed by atoms with Crippen LogP contribution in [-0.2, 0) is 23.7 Å². The van der Waals surface area contributed by atoms with Gasteiger partial charge in [-0.3, -0.25) is 4.79 Å². The summed E-state index contributed by atoms with van der Waals surface area (Å²) in [5.41, 5.74) is 0. The normalized spacial score (nSPS) is 23.1. The number of hydrogen-bond donors (Lipinski definition) is 9. The SMILES string of the molecule is CCCCCCCCCC/C=C\CCCCCCCCCCCCCCCCCCCC(=O)NC(COC1OC(CO)C(OC2OC(CO)C(O)C(O)C2O)C(O)C1O)C(O)/C=C/CCCCCCCCCCCCCCCCCCCCCCCCCC. The molecule has 2 saturated heterocycles. The fraction of sp³-hybridized carbons (Fsp3) is 0.933. The van der Waals surface area contributed by atoms with Gasteiger partial charge in [-0.05, 0) is 44.9 Å². The zero-order valence-corrected chi connectivity index (χ0v) is 57.5. The lowest BCUT2D eigenvalue weighted by molar-refractivity contribution is -0.359. The number of nitrogens with one attached hydrogen (secondary N) is 1. The van der Waals surface area contributed by atoms with Crippen LogP contribution < -0.4 is 5.32 Å². The van der Waals surface area contributed by atoms with Gasteiger partial charge in [0.15, 0.2) is 12.6 Å². The number of hydrogen-bond acceptors (Lipinski definition) is 13. The minimum atomic E-state index is -1.79. The molecular formula is C75H143NO13. The summed E-state index contributed by atoms with van der Waals surface area (Å²) in [6, 6.07) is -0.914. The Hall–Kier alpha value is -1.53. The summed E-state index contributed by atoms with van der Waals surface area (Å²) in [6.45, 7) is 2.86. The summed E-state index contributed by atoms with van der Waals surface area (Å²) in [5, 5.41) is 87.6. The molecule has 12 atom stereocenters. The molecule has 2 aliphatic rings. The van der Waals surface area contributed by atoms with E-state index in [2.05, 4.69) is 31.3 Å². The van der Waals surface area contributed by atoms with E-state index in [-0.39, 0.29) is 18.9 Å². The van der Waals surface area contributed by atoms with Crippen LogP contribution in [0.1, 0.15) is 354 Å². The Morgan fingerprint density at radius 3 is 1.07 bits per heavy atom. The van der Waals surface area contributed by atoms with Gasteiger partial charge in [-0.25, -0.2) is 0 Å². The fourth-order valence-corrected chi connectivity index (χ4v) is 12.8. The lowest BCUT2D eigenvalue weighted by Gasteiger charge is -2.46. The van der Waals surface area contributed by atoms with E-state index in [1.54, 1.807) is 6.08 Å². The molecule has 2 aliphatic heterocycles. The fourth-order valence-electron chi connectivity index (χ4n) is 12.8. The Morgan fingerprint density at radius 2 is 0.708 bits per heavy atom. The van der Waals surface area contributed by atoms with Crippen LogP contribution in [0, 0.1) is 0 Å². The molecule has 89 heavy (non-hydrogen) atoms. The van der Waals surface area contributed by atoms with E-state index in [1.165, 1.54) is 289 Å². The van der Waals surface area contributed by atoms with Crippen LogP contribution in [0.2, 0.25) is 0 Å². The van der Waals surface area contributed by atoms with Crippen molar-refractivity contribution in [2.45, 2.75) is 428 Å². The molecule has 526 valence electrons. The zero-order valence-electron chi connectivity index (χ0n) is 57.5. The van der Waals surface area contributed by atoms with E-state index >= 15 is 0 Å². The standard InChI is InChI=1S/C75H143NO13/c1-3-5-7-9-11-13-15-17-19-21-23-25-27-29-31-32-33-35-37-39-41-43-45-47-49-51-53-55-57-59-67(80)76-63(62-86-74-72(85)70(83)73(66(61-78)88-74)89-75-71(84)69(82)68(81)65(60-77)87-75)64(79)58-56-54-52-50-48-46-44-42-40-38-36-34-30-28-26-24-22-20-18-16-14-12-10-8-6-4-2/h21,23,56,58,63-66,68-75,77-79,81-85H,3-20,22,24-55,57,59-62H2,1-2H3,(H,76,80)/b23-21-,58-56+. The number of allylic oxidation sites excluding steroid dienone is 3. The molecule has 0 bridgehead atoms. The predicted octanol–water partition coefficient (Wildman–Crippen LogP) is 16.3. The van der Waals surface area contributed by atoms with Gasteiger partial charge in [-0.15, -0.1) is 0 Å². The number of carbonyl (C=O) groups excluding carboxylic acids is 1. The van der Waals surface area contributed by atoms with Gasteiger partial charge >= 0.3 is 0 Å². The number of aliphatic hydroxyl groups is 8. The van der Waals surface area contributed by atoms with Crippen molar-refractivity contribution in [1.82, 2.24) is 5.32 Å². The number of ether oxygens (including phenoxy) is 4. The average Bonchev–Trinajstić information content (AvgIpc) is 2.51. The molecule has 0 aromatic rings. The Kier molecular flexibility index (Phi) is 56.5. The number of carbonyl (C=O) groups is 1. The van der Waals surface area contributed by atoms with Crippen molar-refractivity contribution in [3.63, 3.8) is 0 Å². The van der Waals surface area contributed by atoms with Gasteiger partial charge in [-0.1, -0.05) is 327 Å². The van der Waals surface area contributed by atoms with Crippen molar-refractivity contribution in [1.29, 1.82) is 0 Å². The maximum atomic E-state index is 13.4. The number of amides is 1. The van der Waals surface area contributed by atoms with E-state index in [9.17, 15) is 45.6 Å². The van der Waals surface area contributed by atoms with Crippen molar-refractivity contribution in [2.24, 2.45) is 0 Å². The van der Waals surface area contributed by atoms with E-state index in [0.29, 0.717) is 6.42 Å². The molecule has 0 saturated carbocycles. The summed E-state index contributed by atoms with van der Waals surface area (Å²) >= 11 is 0. The molecule has 2 heterocycles. The molecule has 1 amide bonds. The predicted molar refractivity (Wildman–Crippen MR) is 365 cm³/mol. The van der Waals surface area contributed by atoms with Crippen molar-refractivity contribution in [3.8, 4) is 0 Å². The third-order valence-electron chi connectivity index (χ3n) is 18.9. The van der Waals surface area contributed by atoms with Gasteiger partial charge in [0.2, 0.25) is 5.91 Å². The summed E-state index contributed by atoms with van der Waals surface area (Å²) in [4.78, 5) is 13.4. The summed E-state index contributed by atoms with van der Waals surface area (Å²) in [6.07, 6.45) is 59.6. The van der Waals surface area contributed by atoms with Crippen LogP contribution in [0.4, 0.5) is 0 Å². The van der Waals surface area contributed by atoms with Gasteiger partial charge in [0.1, 0.15) is 48.8 Å². The highest BCUT2D eigenvalue weighted by Gasteiger charge is 2.51. The lowest BCUT2D eigenvalue weighted by atomic mass is 9.97. The van der Waals surface area contributed by atoms with Crippen LogP contribution in [0.3, 0.4) is 0 Å². The second-order valence-electron chi connectivity index (χ2n) is 27.1. The highest BCUT2D eigenvalue weighted by Crippen LogP contribution is 2.30. The second-order valence-corrected chi connectivity index (χ2v) is 27.1. The second kappa shape index (κ2) is 60.2. The van der Waals surface area contributed by atoms with Gasteiger partial charge in [0.25, 0.3) is 0 Å². The summed E-state index contributed by atoms with van der Waals surface area (Å²) < 4.78 is 22.9. The molecule has 2 fully saturated rings. The van der Waals surface area contributed by atoms with E-state index < -0.39 is 86.8 Å². The molecule has 0 aromatic carbocycles. The van der Waals surface area contributed by atoms with Gasteiger partial charge in [0, 0.05) is 6.42 Å². The maximum absolute atomic E-state index is 13.4. The molecule has 0 spiro atoms. The molecule has 14 nitrogen and oxygen atoms in total. The highest BCUT2D eigenvalue weighted by atomic mass is 16.7. The Morgan fingerprint density at radius 1 is 0.393 bits per heavy atom. The average molecular weight is 1270 g/mol. The first kappa shape index (κ1) is 83.6. The molecule has 9 N–H and O–H groups in total. The lowest BCUT2D eigenvalue weighted by Crippen LogP contribution is -2.65. The largest absolute Gasteiger partial charge is 0.394 e. The molecule has 0 aromatic heterocycles. The molecule has 14 heteroatoms. The van der Waals surface area contributed by atoms with Crippen LogP contribution in [0.5, 0.6) is 0 Å². The molecule has 2 rings (SSSR count). The smallest absolute Gasteiger partial charge is 0.220 e. The first-order valence-electron chi connectivity index (χ1n) is 38.1. The number of aliphatic hydroxyl groups excluding tert-OH is 8. The van der Waals surface area contributed by atoms with Crippen molar-refractivity contribution < 1.29 is 64.6 Å². The van der Waals surface area contributed by atoms with E-state index in [1.807, 2.05) is 6.08 Å². The van der Waals surface area contributed by atoms with Gasteiger partial charge in [-0.2, -0.15) is 0 Å². The minimum Gasteiger partial charge on any atom is -0.394 e. The van der Waals surface area contributed by atoms with Crippen molar-refractivity contribution in [2.75, 3.05) is 19.8 Å². The van der Waals surface area contributed by atoms with Crippen molar-refractivity contribution >= 4 is 5.91 Å². The first-order chi connectivity index (χ1) is 43.6.